The zero-order valence-electron chi connectivity index (χ0n) is 12.1. The van der Waals surface area contributed by atoms with Crippen molar-refractivity contribution in [1.29, 1.82) is 0 Å². The van der Waals surface area contributed by atoms with Gasteiger partial charge in [0.2, 0.25) is 0 Å². The number of thioether (sulfide) groups is 1. The van der Waals surface area contributed by atoms with E-state index in [9.17, 15) is 9.59 Å². The summed E-state index contributed by atoms with van der Waals surface area (Å²) in [5, 5.41) is 11.6. The molecule has 0 radical (unpaired) electrons. The average molecular weight is 325 g/mol. The maximum absolute atomic E-state index is 12.2. The van der Waals surface area contributed by atoms with Crippen molar-refractivity contribution in [2.24, 2.45) is 0 Å². The highest BCUT2D eigenvalue weighted by atomic mass is 32.2. The lowest BCUT2D eigenvalue weighted by Crippen LogP contribution is -2.36. The number of thiophene rings is 1. The summed E-state index contributed by atoms with van der Waals surface area (Å²) in [5.74, 6) is 0.0982. The number of carbonyl (C=O) groups excluding carboxylic acids is 1. The fraction of sp³-hybridized carbons (Fsp3) is 0.467. The zero-order valence-corrected chi connectivity index (χ0v) is 13.8. The van der Waals surface area contributed by atoms with E-state index in [1.807, 2.05) is 24.8 Å². The highest BCUT2D eigenvalue weighted by Crippen LogP contribution is 2.37. The molecule has 6 heteroatoms. The van der Waals surface area contributed by atoms with Crippen LogP contribution in [0, 0.1) is 6.92 Å². The van der Waals surface area contributed by atoms with Crippen LogP contribution in [0.1, 0.15) is 39.9 Å². The van der Waals surface area contributed by atoms with Crippen LogP contribution in [0.3, 0.4) is 0 Å². The molecule has 0 bridgehead atoms. The fourth-order valence-corrected chi connectivity index (χ4v) is 4.49. The minimum atomic E-state index is -0.986. The largest absolute Gasteiger partial charge is 0.478 e. The number of hydrogen-bond acceptors (Lipinski definition) is 4. The summed E-state index contributed by atoms with van der Waals surface area (Å²) in [5.41, 5.74) is 0.920. The number of carboxylic acid groups (broad SMARTS) is 1. The van der Waals surface area contributed by atoms with E-state index in [0.29, 0.717) is 11.4 Å². The topological polar surface area (TPSA) is 66.4 Å². The van der Waals surface area contributed by atoms with Crippen molar-refractivity contribution in [2.45, 2.75) is 31.4 Å². The van der Waals surface area contributed by atoms with Gasteiger partial charge in [0.25, 0.3) is 5.91 Å². The molecule has 21 heavy (non-hydrogen) atoms. The molecule has 0 saturated carbocycles. The third-order valence-electron chi connectivity index (χ3n) is 3.48. The first kappa shape index (κ1) is 16.1. The van der Waals surface area contributed by atoms with E-state index in [1.165, 1.54) is 23.8 Å². The molecule has 4 nitrogen and oxygen atoms in total. The highest BCUT2D eigenvalue weighted by molar-refractivity contribution is 8.00. The number of amides is 1. The first-order valence-electron chi connectivity index (χ1n) is 6.83. The van der Waals surface area contributed by atoms with Gasteiger partial charge in [-0.1, -0.05) is 0 Å². The summed E-state index contributed by atoms with van der Waals surface area (Å²) in [7, 11) is 0. The van der Waals surface area contributed by atoms with Gasteiger partial charge in [-0.2, -0.15) is 11.8 Å². The number of hydrogen-bond donors (Lipinski definition) is 2. The van der Waals surface area contributed by atoms with Crippen LogP contribution in [-0.4, -0.2) is 34.0 Å². The van der Waals surface area contributed by atoms with Crippen molar-refractivity contribution in [2.75, 3.05) is 12.3 Å². The number of aryl methyl sites for hydroxylation is 1. The van der Waals surface area contributed by atoms with Gasteiger partial charge in [0.15, 0.2) is 0 Å². The van der Waals surface area contributed by atoms with Gasteiger partial charge in [-0.3, -0.25) is 4.79 Å². The van der Waals surface area contributed by atoms with Crippen LogP contribution in [0.2, 0.25) is 0 Å². The van der Waals surface area contributed by atoms with E-state index < -0.39 is 5.97 Å². The molecule has 1 amide bonds. The Kier molecular flexibility index (Phi) is 5.11. The first-order valence-corrected chi connectivity index (χ1v) is 8.63. The number of carboxylic acids is 1. The van der Waals surface area contributed by atoms with Gasteiger partial charge in [0.05, 0.1) is 4.88 Å². The van der Waals surface area contributed by atoms with E-state index in [0.717, 1.165) is 28.7 Å². The molecular formula is C15H19NO3S2. The molecule has 1 saturated heterocycles. The fourth-order valence-electron chi connectivity index (χ4n) is 2.25. The van der Waals surface area contributed by atoms with Crippen molar-refractivity contribution in [3.05, 3.63) is 27.5 Å². The summed E-state index contributed by atoms with van der Waals surface area (Å²) in [4.78, 5) is 24.2. The van der Waals surface area contributed by atoms with Crippen molar-refractivity contribution in [3.8, 4) is 0 Å². The molecule has 1 fully saturated rings. The van der Waals surface area contributed by atoms with Gasteiger partial charge in [-0.25, -0.2) is 4.79 Å². The second kappa shape index (κ2) is 6.66. The number of rotatable bonds is 5. The predicted molar refractivity (Wildman–Crippen MR) is 88.2 cm³/mol. The molecule has 0 aliphatic carbocycles. The smallest absolute Gasteiger partial charge is 0.328 e. The molecule has 1 aromatic rings. The minimum absolute atomic E-state index is 0.0770. The van der Waals surface area contributed by atoms with E-state index in [2.05, 4.69) is 12.2 Å². The molecule has 1 aliphatic rings. The Balaban J connectivity index is 1.99. The summed E-state index contributed by atoms with van der Waals surface area (Å²) < 4.78 is 0.147. The molecule has 0 aromatic carbocycles. The maximum Gasteiger partial charge on any atom is 0.328 e. The Bertz CT molecular complexity index is 571. The molecule has 2 rings (SSSR count). The van der Waals surface area contributed by atoms with Crippen LogP contribution < -0.4 is 5.32 Å². The molecule has 114 valence electrons. The Hall–Kier alpha value is -1.27. The van der Waals surface area contributed by atoms with Crippen LogP contribution in [0.5, 0.6) is 0 Å². The summed E-state index contributed by atoms with van der Waals surface area (Å²) in [6.45, 7) is 4.74. The first-order chi connectivity index (χ1) is 9.89. The molecule has 2 heterocycles. The lowest BCUT2D eigenvalue weighted by Gasteiger charge is -2.22. The molecule has 1 atom stereocenters. The van der Waals surface area contributed by atoms with Crippen molar-refractivity contribution in [3.63, 3.8) is 0 Å². The molecule has 1 aromatic heterocycles. The van der Waals surface area contributed by atoms with Gasteiger partial charge >= 0.3 is 5.97 Å². The van der Waals surface area contributed by atoms with Gasteiger partial charge in [-0.15, -0.1) is 11.3 Å². The third-order valence-corrected chi connectivity index (χ3v) is 6.22. The average Bonchev–Trinajstić information content (AvgIpc) is 3.01. The second-order valence-corrected chi connectivity index (χ2v) is 8.18. The predicted octanol–water partition coefficient (Wildman–Crippen LogP) is 3.17. The van der Waals surface area contributed by atoms with Crippen LogP contribution >= 0.6 is 23.1 Å². The maximum atomic E-state index is 12.2. The van der Waals surface area contributed by atoms with Gasteiger partial charge in [0.1, 0.15) is 0 Å². The highest BCUT2D eigenvalue weighted by Gasteiger charge is 2.30. The summed E-state index contributed by atoms with van der Waals surface area (Å²) in [6.07, 6.45) is 4.97. The normalized spacial score (nSPS) is 21.8. The Morgan fingerprint density at radius 1 is 1.52 bits per heavy atom. The summed E-state index contributed by atoms with van der Waals surface area (Å²) in [6, 6.07) is 1.81. The van der Waals surface area contributed by atoms with E-state index >= 15 is 0 Å². The molecule has 2 N–H and O–H groups in total. The molecule has 1 aliphatic heterocycles. The second-order valence-electron chi connectivity index (χ2n) is 5.41. The Morgan fingerprint density at radius 2 is 2.29 bits per heavy atom. The van der Waals surface area contributed by atoms with Gasteiger partial charge in [0, 0.05) is 22.2 Å². The Labute approximate surface area is 132 Å². The van der Waals surface area contributed by atoms with Crippen molar-refractivity contribution < 1.29 is 14.7 Å². The van der Waals surface area contributed by atoms with Crippen LogP contribution in [-0.2, 0) is 4.79 Å². The zero-order chi connectivity index (χ0) is 15.5. The number of aliphatic carboxylic acids is 1. The standard InChI is InChI=1S/C15H19NO3S2/c1-10-8-12(21-11(10)4-5-13(17)18)14(19)16-9-15(2)6-3-7-20-15/h4-5,8H,3,6-7,9H2,1-2H3,(H,16,19)(H,17,18)/b5-4+. The van der Waals surface area contributed by atoms with E-state index in [-0.39, 0.29) is 10.7 Å². The molecular weight excluding hydrogens is 306 g/mol. The van der Waals surface area contributed by atoms with Crippen molar-refractivity contribution >= 4 is 41.1 Å². The third kappa shape index (κ3) is 4.35. The van der Waals surface area contributed by atoms with Gasteiger partial charge in [-0.05, 0) is 50.1 Å². The molecule has 1 unspecified atom stereocenters. The van der Waals surface area contributed by atoms with E-state index in [4.69, 9.17) is 5.11 Å². The van der Waals surface area contributed by atoms with Gasteiger partial charge < -0.3 is 10.4 Å². The molecule has 0 spiro atoms. The van der Waals surface area contributed by atoms with Crippen LogP contribution in [0.4, 0.5) is 0 Å². The summed E-state index contributed by atoms with van der Waals surface area (Å²) >= 11 is 3.24. The lowest BCUT2D eigenvalue weighted by atomic mass is 10.1. The number of carbonyl (C=O) groups is 2. The quantitative estimate of drug-likeness (QED) is 0.816. The van der Waals surface area contributed by atoms with Crippen LogP contribution in [0.15, 0.2) is 12.1 Å². The van der Waals surface area contributed by atoms with E-state index in [1.54, 1.807) is 0 Å². The monoisotopic (exact) mass is 325 g/mol. The SMILES string of the molecule is Cc1cc(C(=O)NCC2(C)CCCS2)sc1/C=C/C(=O)O. The minimum Gasteiger partial charge on any atom is -0.478 e. The Morgan fingerprint density at radius 3 is 2.90 bits per heavy atom. The van der Waals surface area contributed by atoms with Crippen LogP contribution in [0.25, 0.3) is 6.08 Å². The van der Waals surface area contributed by atoms with Crippen molar-refractivity contribution in [1.82, 2.24) is 5.32 Å². The number of nitrogens with one attached hydrogen (secondary N) is 1. The lowest BCUT2D eigenvalue weighted by molar-refractivity contribution is -0.131.